The highest BCUT2D eigenvalue weighted by Crippen LogP contribution is 2.36. The molecule has 6 heteroatoms. The van der Waals surface area contributed by atoms with Gasteiger partial charge in [-0.2, -0.15) is 0 Å². The lowest BCUT2D eigenvalue weighted by molar-refractivity contribution is -0.113. The number of amides is 2. The Labute approximate surface area is 141 Å². The molecule has 1 aliphatic heterocycles. The number of hydrogen-bond acceptors (Lipinski definition) is 3. The van der Waals surface area contributed by atoms with Crippen molar-refractivity contribution < 1.29 is 9.59 Å². The molecule has 1 saturated heterocycles. The molecular formula is C16H9Cl2NO2S. The molecule has 2 aromatic carbocycles. The van der Waals surface area contributed by atoms with Gasteiger partial charge in [0.05, 0.1) is 10.6 Å². The molecule has 22 heavy (non-hydrogen) atoms. The van der Waals surface area contributed by atoms with Gasteiger partial charge >= 0.3 is 0 Å². The summed E-state index contributed by atoms with van der Waals surface area (Å²) in [6.07, 6.45) is 1.67. The lowest BCUT2D eigenvalue weighted by Crippen LogP contribution is -2.27. The average Bonchev–Trinajstić information content (AvgIpc) is 2.76. The summed E-state index contributed by atoms with van der Waals surface area (Å²) in [6.45, 7) is 0. The largest absolute Gasteiger partial charge is 0.298 e. The molecule has 110 valence electrons. The minimum atomic E-state index is -0.354. The van der Waals surface area contributed by atoms with Gasteiger partial charge < -0.3 is 0 Å². The van der Waals surface area contributed by atoms with Crippen molar-refractivity contribution in [1.29, 1.82) is 0 Å². The van der Waals surface area contributed by atoms with Crippen molar-refractivity contribution in [1.82, 2.24) is 0 Å². The first kappa shape index (κ1) is 15.2. The second-order valence-corrected chi connectivity index (χ2v) is 6.41. The summed E-state index contributed by atoms with van der Waals surface area (Å²) in [4.78, 5) is 26.1. The molecular weight excluding hydrogens is 341 g/mol. The molecule has 1 aliphatic rings. The predicted molar refractivity (Wildman–Crippen MR) is 91.4 cm³/mol. The first-order valence-corrected chi connectivity index (χ1v) is 7.91. The molecule has 0 unspecified atom stereocenters. The van der Waals surface area contributed by atoms with Gasteiger partial charge in [0, 0.05) is 10.0 Å². The van der Waals surface area contributed by atoms with Gasteiger partial charge in [0.15, 0.2) is 0 Å². The maximum absolute atomic E-state index is 12.4. The second kappa shape index (κ2) is 6.16. The zero-order valence-corrected chi connectivity index (χ0v) is 13.5. The maximum atomic E-state index is 12.4. The molecule has 0 aromatic heterocycles. The van der Waals surface area contributed by atoms with E-state index < -0.39 is 0 Å². The van der Waals surface area contributed by atoms with E-state index in [2.05, 4.69) is 0 Å². The van der Waals surface area contributed by atoms with E-state index in [1.54, 1.807) is 54.6 Å². The normalized spacial score (nSPS) is 16.6. The fraction of sp³-hybridized carbons (Fsp3) is 0. The van der Waals surface area contributed by atoms with Gasteiger partial charge in [-0.05, 0) is 53.7 Å². The highest BCUT2D eigenvalue weighted by molar-refractivity contribution is 8.19. The Morgan fingerprint density at radius 3 is 2.36 bits per heavy atom. The van der Waals surface area contributed by atoms with Crippen molar-refractivity contribution in [2.75, 3.05) is 4.90 Å². The highest BCUT2D eigenvalue weighted by atomic mass is 35.5. The number of imide groups is 1. The Morgan fingerprint density at radius 2 is 1.68 bits per heavy atom. The molecule has 1 heterocycles. The van der Waals surface area contributed by atoms with Gasteiger partial charge in [0.2, 0.25) is 0 Å². The Hall–Kier alpha value is -1.75. The molecule has 0 bridgehead atoms. The van der Waals surface area contributed by atoms with Crippen LogP contribution in [-0.4, -0.2) is 11.1 Å². The minimum Gasteiger partial charge on any atom is -0.268 e. The van der Waals surface area contributed by atoms with E-state index in [0.717, 1.165) is 22.2 Å². The molecule has 2 aromatic rings. The van der Waals surface area contributed by atoms with E-state index in [0.29, 0.717) is 20.6 Å². The zero-order chi connectivity index (χ0) is 15.7. The quantitative estimate of drug-likeness (QED) is 0.696. The van der Waals surface area contributed by atoms with E-state index >= 15 is 0 Å². The van der Waals surface area contributed by atoms with E-state index in [4.69, 9.17) is 23.2 Å². The third-order valence-electron chi connectivity index (χ3n) is 3.03. The summed E-state index contributed by atoms with van der Waals surface area (Å²) in [7, 11) is 0. The van der Waals surface area contributed by atoms with Crippen molar-refractivity contribution >= 4 is 57.9 Å². The molecule has 2 amide bonds. The molecule has 3 nitrogen and oxygen atoms in total. The van der Waals surface area contributed by atoms with Gasteiger partial charge in [-0.3, -0.25) is 9.59 Å². The first-order chi connectivity index (χ1) is 10.5. The van der Waals surface area contributed by atoms with Crippen LogP contribution in [0.3, 0.4) is 0 Å². The van der Waals surface area contributed by atoms with Gasteiger partial charge in [-0.25, -0.2) is 4.90 Å². The minimum absolute atomic E-state index is 0.340. The Bertz CT molecular complexity index is 787. The fourth-order valence-electron chi connectivity index (χ4n) is 2.02. The number of thioether (sulfide) groups is 1. The molecule has 0 saturated carbocycles. The average molecular weight is 350 g/mol. The van der Waals surface area contributed by atoms with Gasteiger partial charge in [-0.15, -0.1) is 0 Å². The number of anilines is 1. The van der Waals surface area contributed by atoms with Crippen molar-refractivity contribution in [2.24, 2.45) is 0 Å². The van der Waals surface area contributed by atoms with Gasteiger partial charge in [-0.1, -0.05) is 41.4 Å². The molecule has 3 rings (SSSR count). The number of carbonyl (C=O) groups excluding carboxylic acids is 2. The fourth-order valence-corrected chi connectivity index (χ4v) is 3.17. The lowest BCUT2D eigenvalue weighted by atomic mass is 10.2. The van der Waals surface area contributed by atoms with E-state index in [-0.39, 0.29) is 11.1 Å². The van der Waals surface area contributed by atoms with Crippen LogP contribution >= 0.6 is 35.0 Å². The topological polar surface area (TPSA) is 37.4 Å². The number of carbonyl (C=O) groups is 2. The van der Waals surface area contributed by atoms with Crippen LogP contribution in [0.15, 0.2) is 53.4 Å². The van der Waals surface area contributed by atoms with E-state index in [1.807, 2.05) is 0 Å². The van der Waals surface area contributed by atoms with Crippen LogP contribution in [0.25, 0.3) is 6.08 Å². The smallest absolute Gasteiger partial charge is 0.268 e. The van der Waals surface area contributed by atoms with Crippen LogP contribution in [0.5, 0.6) is 0 Å². The van der Waals surface area contributed by atoms with Gasteiger partial charge in [0.1, 0.15) is 0 Å². The molecule has 0 aliphatic carbocycles. The zero-order valence-electron chi connectivity index (χ0n) is 11.1. The van der Waals surface area contributed by atoms with Crippen molar-refractivity contribution in [3.63, 3.8) is 0 Å². The first-order valence-electron chi connectivity index (χ1n) is 6.34. The highest BCUT2D eigenvalue weighted by Gasteiger charge is 2.36. The second-order valence-electron chi connectivity index (χ2n) is 4.55. The summed E-state index contributed by atoms with van der Waals surface area (Å²) in [5.74, 6) is -0.354. The van der Waals surface area contributed by atoms with Crippen LogP contribution < -0.4 is 4.90 Å². The van der Waals surface area contributed by atoms with Crippen LogP contribution in [-0.2, 0) is 4.79 Å². The van der Waals surface area contributed by atoms with Crippen LogP contribution in [0.2, 0.25) is 10.0 Å². The van der Waals surface area contributed by atoms with Crippen LogP contribution in [0.4, 0.5) is 10.5 Å². The molecule has 0 spiro atoms. The number of nitrogens with zero attached hydrogens (tertiary/aromatic N) is 1. The number of benzene rings is 2. The molecule has 0 radical (unpaired) electrons. The van der Waals surface area contributed by atoms with Crippen molar-refractivity contribution in [3.8, 4) is 0 Å². The monoisotopic (exact) mass is 349 g/mol. The van der Waals surface area contributed by atoms with Crippen molar-refractivity contribution in [2.45, 2.75) is 0 Å². The standard InChI is InChI=1S/C16H9Cl2NO2S/c17-11-6-4-10(5-7-11)8-14-15(20)19(16(21)22-14)13-3-1-2-12(18)9-13/h1-9H. The number of hydrogen-bond donors (Lipinski definition) is 0. The predicted octanol–water partition coefficient (Wildman–Crippen LogP) is 5.23. The third-order valence-corrected chi connectivity index (χ3v) is 4.38. The van der Waals surface area contributed by atoms with Gasteiger partial charge in [0.25, 0.3) is 11.1 Å². The van der Waals surface area contributed by atoms with Crippen molar-refractivity contribution in [3.05, 3.63) is 69.0 Å². The van der Waals surface area contributed by atoms with Crippen LogP contribution in [0, 0.1) is 0 Å². The molecule has 0 N–H and O–H groups in total. The molecule has 0 atom stereocenters. The Balaban J connectivity index is 1.93. The SMILES string of the molecule is O=C1SC(=Cc2ccc(Cl)cc2)C(=O)N1c1cccc(Cl)c1. The van der Waals surface area contributed by atoms with Crippen LogP contribution in [0.1, 0.15) is 5.56 Å². The summed E-state index contributed by atoms with van der Waals surface area (Å²) in [6, 6.07) is 13.7. The maximum Gasteiger partial charge on any atom is 0.298 e. The van der Waals surface area contributed by atoms with E-state index in [9.17, 15) is 9.59 Å². The third kappa shape index (κ3) is 3.04. The summed E-state index contributed by atoms with van der Waals surface area (Å²) in [5.41, 5.74) is 1.27. The number of rotatable bonds is 2. The summed E-state index contributed by atoms with van der Waals surface area (Å²) < 4.78 is 0. The lowest BCUT2D eigenvalue weighted by Gasteiger charge is -2.12. The number of halogens is 2. The Kier molecular flexibility index (Phi) is 4.25. The Morgan fingerprint density at radius 1 is 0.955 bits per heavy atom. The summed E-state index contributed by atoms with van der Waals surface area (Å²) in [5, 5.41) is 0.745. The summed E-state index contributed by atoms with van der Waals surface area (Å²) >= 11 is 12.7. The molecule has 1 fully saturated rings. The van der Waals surface area contributed by atoms with E-state index in [1.165, 1.54) is 0 Å².